The average molecular weight is 573 g/mol. The molecule has 1 atom stereocenters. The lowest BCUT2D eigenvalue weighted by Crippen LogP contribution is -2.31. The minimum atomic E-state index is -0.460. The zero-order valence-electron chi connectivity index (χ0n) is 25.3. The molecular formula is C31H40N8O3. The first kappa shape index (κ1) is 28.0. The van der Waals surface area contributed by atoms with Crippen molar-refractivity contribution in [3.05, 3.63) is 47.4 Å². The van der Waals surface area contributed by atoms with E-state index in [-0.39, 0.29) is 11.5 Å². The Morgan fingerprint density at radius 1 is 1.19 bits per heavy atom. The highest BCUT2D eigenvalue weighted by Crippen LogP contribution is 2.57. The number of nitrogen functional groups attached to an aromatic ring is 1. The number of nitrogens with two attached hydrogens (primary N) is 1. The lowest BCUT2D eigenvalue weighted by Gasteiger charge is -2.25. The summed E-state index contributed by atoms with van der Waals surface area (Å²) in [6, 6.07) is 8.37. The molecule has 2 aromatic heterocycles. The molecule has 222 valence electrons. The molecule has 0 bridgehead atoms. The van der Waals surface area contributed by atoms with Crippen molar-refractivity contribution in [2.75, 3.05) is 61.7 Å². The van der Waals surface area contributed by atoms with Gasteiger partial charge in [0.25, 0.3) is 0 Å². The van der Waals surface area contributed by atoms with Gasteiger partial charge in [-0.05, 0) is 72.3 Å². The van der Waals surface area contributed by atoms with E-state index in [0.717, 1.165) is 55.1 Å². The zero-order chi connectivity index (χ0) is 29.8. The largest absolute Gasteiger partial charge is 0.494 e. The summed E-state index contributed by atoms with van der Waals surface area (Å²) in [6.07, 6.45) is 4.45. The molecular weight excluding hydrogens is 532 g/mol. The second-order valence-corrected chi connectivity index (χ2v) is 12.2. The van der Waals surface area contributed by atoms with Crippen LogP contribution in [0.4, 0.5) is 34.5 Å². The molecule has 11 heteroatoms. The Kier molecular flexibility index (Phi) is 7.08. The van der Waals surface area contributed by atoms with E-state index < -0.39 is 5.97 Å². The number of carbonyl (C=O) groups is 1. The summed E-state index contributed by atoms with van der Waals surface area (Å²) in [5, 5.41) is 3.30. The Bertz CT molecular complexity index is 1520. The number of rotatable bonds is 8. The molecule has 42 heavy (non-hydrogen) atoms. The maximum Gasteiger partial charge on any atom is 0.343 e. The number of benzene rings is 1. The summed E-state index contributed by atoms with van der Waals surface area (Å²) in [5.41, 5.74) is 12.1. The zero-order valence-corrected chi connectivity index (χ0v) is 25.3. The van der Waals surface area contributed by atoms with Crippen molar-refractivity contribution >= 4 is 40.5 Å². The molecule has 4 heterocycles. The van der Waals surface area contributed by atoms with Crippen LogP contribution in [-0.2, 0) is 10.2 Å². The van der Waals surface area contributed by atoms with Gasteiger partial charge in [0, 0.05) is 49.0 Å². The van der Waals surface area contributed by atoms with Gasteiger partial charge in [-0.1, -0.05) is 0 Å². The number of nitrogens with zero attached hydrogens (tertiary/aromatic N) is 6. The highest BCUT2D eigenvalue weighted by molar-refractivity contribution is 5.96. The molecule has 2 aliphatic heterocycles. The van der Waals surface area contributed by atoms with Crippen molar-refractivity contribution in [1.82, 2.24) is 19.9 Å². The lowest BCUT2D eigenvalue weighted by atomic mass is 10.0. The Labute approximate surface area is 247 Å². The monoisotopic (exact) mass is 572 g/mol. The number of hydrogen-bond acceptors (Lipinski definition) is 11. The molecule has 1 saturated heterocycles. The van der Waals surface area contributed by atoms with E-state index >= 15 is 0 Å². The summed E-state index contributed by atoms with van der Waals surface area (Å²) >= 11 is 0. The van der Waals surface area contributed by atoms with Crippen LogP contribution in [0.3, 0.4) is 0 Å². The van der Waals surface area contributed by atoms with Gasteiger partial charge in [-0.25, -0.2) is 9.78 Å². The molecule has 3 N–H and O–H groups in total. The molecule has 1 aliphatic carbocycles. The normalized spacial score (nSPS) is 18.6. The van der Waals surface area contributed by atoms with Crippen molar-refractivity contribution in [3.63, 3.8) is 0 Å². The third kappa shape index (κ3) is 5.06. The van der Waals surface area contributed by atoms with Gasteiger partial charge in [0.15, 0.2) is 5.82 Å². The number of ether oxygens (including phenoxy) is 2. The standard InChI is InChI=1S/C31H40N8O3/c1-18(2)42-29(40)21-15-33-30(36-28(21)39-17-31(10-11-31)27-24(39)8-7-19(3)34-27)35-23-13-22(32)25(14-26(23)41-6)38-12-9-20(16-38)37(4)5/h7-8,13-15,18,20H,9-12,16-17,32H2,1-6H3,(H,33,35,36)/t20-/m1/s1. The van der Waals surface area contributed by atoms with Crippen molar-refractivity contribution in [2.24, 2.45) is 0 Å². The Balaban J connectivity index is 1.35. The van der Waals surface area contributed by atoms with Gasteiger partial charge in [0.1, 0.15) is 11.3 Å². The van der Waals surface area contributed by atoms with Crippen LogP contribution in [0.25, 0.3) is 0 Å². The summed E-state index contributed by atoms with van der Waals surface area (Å²) in [4.78, 5) is 34.1. The number of aryl methyl sites for hydroxylation is 1. The summed E-state index contributed by atoms with van der Waals surface area (Å²) in [7, 11) is 5.85. The van der Waals surface area contributed by atoms with Crippen LogP contribution < -0.4 is 25.6 Å². The van der Waals surface area contributed by atoms with E-state index in [1.165, 1.54) is 6.20 Å². The molecule has 3 aromatic rings. The maximum atomic E-state index is 13.2. The van der Waals surface area contributed by atoms with Crippen molar-refractivity contribution < 1.29 is 14.3 Å². The minimum absolute atomic E-state index is 0.00617. The van der Waals surface area contributed by atoms with Crippen LogP contribution in [0.2, 0.25) is 0 Å². The van der Waals surface area contributed by atoms with Gasteiger partial charge in [-0.2, -0.15) is 4.98 Å². The first-order valence-corrected chi connectivity index (χ1v) is 14.6. The van der Waals surface area contributed by atoms with Crippen LogP contribution in [0.1, 0.15) is 54.9 Å². The predicted molar refractivity (Wildman–Crippen MR) is 164 cm³/mol. The number of nitrogens with one attached hydrogen (secondary N) is 1. The topological polar surface area (TPSA) is 122 Å². The molecule has 3 aliphatic rings. The fourth-order valence-electron chi connectivity index (χ4n) is 6.04. The van der Waals surface area contributed by atoms with Gasteiger partial charge in [0.2, 0.25) is 5.95 Å². The Morgan fingerprint density at radius 3 is 2.64 bits per heavy atom. The first-order chi connectivity index (χ1) is 20.1. The first-order valence-electron chi connectivity index (χ1n) is 14.6. The van der Waals surface area contributed by atoms with Gasteiger partial charge in [-0.15, -0.1) is 0 Å². The van der Waals surface area contributed by atoms with Crippen LogP contribution in [0.5, 0.6) is 5.75 Å². The van der Waals surface area contributed by atoms with Crippen molar-refractivity contribution in [3.8, 4) is 5.75 Å². The van der Waals surface area contributed by atoms with Gasteiger partial charge < -0.3 is 35.2 Å². The number of anilines is 6. The highest BCUT2D eigenvalue weighted by Gasteiger charge is 2.54. The SMILES string of the molecule is COc1cc(N2CC[C@@H](N(C)C)C2)c(N)cc1Nc1ncc(C(=O)OC(C)C)c(N2CC3(CC3)c3nc(C)ccc32)n1. The van der Waals surface area contributed by atoms with Crippen molar-refractivity contribution in [1.29, 1.82) is 0 Å². The molecule has 1 saturated carbocycles. The van der Waals surface area contributed by atoms with Crippen molar-refractivity contribution in [2.45, 2.75) is 57.6 Å². The highest BCUT2D eigenvalue weighted by atomic mass is 16.5. The molecule has 2 fully saturated rings. The van der Waals surface area contributed by atoms with E-state index in [0.29, 0.717) is 47.0 Å². The number of esters is 1. The van der Waals surface area contributed by atoms with Crippen LogP contribution >= 0.6 is 0 Å². The van der Waals surface area contributed by atoms with Gasteiger partial charge in [0.05, 0.1) is 41.7 Å². The molecule has 0 amide bonds. The number of fused-ring (bicyclic) bond motifs is 2. The smallest absolute Gasteiger partial charge is 0.343 e. The maximum absolute atomic E-state index is 13.2. The van der Waals surface area contributed by atoms with E-state index in [4.69, 9.17) is 25.2 Å². The van der Waals surface area contributed by atoms with E-state index in [9.17, 15) is 4.79 Å². The summed E-state index contributed by atoms with van der Waals surface area (Å²) in [5.74, 6) is 0.981. The fourth-order valence-corrected chi connectivity index (χ4v) is 6.04. The van der Waals surface area contributed by atoms with Gasteiger partial charge >= 0.3 is 5.97 Å². The number of likely N-dealkylation sites (N-methyl/N-ethyl adjacent to an activating group) is 1. The number of carbonyl (C=O) groups excluding carboxylic acids is 1. The molecule has 0 unspecified atom stereocenters. The molecule has 1 spiro atoms. The molecule has 11 nitrogen and oxygen atoms in total. The Morgan fingerprint density at radius 2 is 1.98 bits per heavy atom. The number of hydrogen-bond donors (Lipinski definition) is 2. The quantitative estimate of drug-likeness (QED) is 0.295. The minimum Gasteiger partial charge on any atom is -0.494 e. The second kappa shape index (κ2) is 10.6. The third-order valence-corrected chi connectivity index (χ3v) is 8.54. The molecule has 1 aromatic carbocycles. The van der Waals surface area contributed by atoms with Crippen LogP contribution in [-0.4, -0.2) is 78.8 Å². The third-order valence-electron chi connectivity index (χ3n) is 8.54. The fraction of sp³-hybridized carbons (Fsp3) is 0.484. The molecule has 6 rings (SSSR count). The van der Waals surface area contributed by atoms with E-state index in [1.807, 2.05) is 39.0 Å². The summed E-state index contributed by atoms with van der Waals surface area (Å²) in [6.45, 7) is 8.19. The van der Waals surface area contributed by atoms with E-state index in [2.05, 4.69) is 45.2 Å². The molecule has 0 radical (unpaired) electrons. The summed E-state index contributed by atoms with van der Waals surface area (Å²) < 4.78 is 11.4. The van der Waals surface area contributed by atoms with E-state index in [1.54, 1.807) is 7.11 Å². The van der Waals surface area contributed by atoms with Crippen LogP contribution in [0, 0.1) is 6.92 Å². The number of pyridine rings is 1. The number of aromatic nitrogens is 3. The second-order valence-electron chi connectivity index (χ2n) is 12.2. The predicted octanol–water partition coefficient (Wildman–Crippen LogP) is 4.40. The van der Waals surface area contributed by atoms with Gasteiger partial charge in [-0.3, -0.25) is 4.98 Å². The number of methoxy groups -OCH3 is 1. The van der Waals surface area contributed by atoms with Crippen LogP contribution in [0.15, 0.2) is 30.5 Å². The lowest BCUT2D eigenvalue weighted by molar-refractivity contribution is 0.0378. The average Bonchev–Trinajstić information content (AvgIpc) is 3.43. The Hall–Kier alpha value is -4.12.